The Labute approximate surface area is 101 Å². The Bertz CT molecular complexity index is 476. The zero-order valence-electron chi connectivity index (χ0n) is 10.2. The van der Waals surface area contributed by atoms with Crippen LogP contribution >= 0.6 is 0 Å². The fourth-order valence-corrected chi connectivity index (χ4v) is 1.93. The summed E-state index contributed by atoms with van der Waals surface area (Å²) in [7, 11) is 0. The first kappa shape index (κ1) is 11.8. The number of aryl methyl sites for hydroxylation is 1. The Kier molecular flexibility index (Phi) is 3.24. The largest absolute Gasteiger partial charge is 0.379 e. The predicted octanol–water partition coefficient (Wildman–Crippen LogP) is 1.94. The minimum Gasteiger partial charge on any atom is -0.379 e. The number of pyridine rings is 1. The SMILES string of the molecule is CCCn1nccc1C(C)(O)c1cccnc1. The van der Waals surface area contributed by atoms with Crippen molar-refractivity contribution in [3.63, 3.8) is 0 Å². The highest BCUT2D eigenvalue weighted by Gasteiger charge is 2.29. The summed E-state index contributed by atoms with van der Waals surface area (Å²) in [6.45, 7) is 4.66. The first-order valence-electron chi connectivity index (χ1n) is 5.81. The van der Waals surface area contributed by atoms with Gasteiger partial charge in [0.2, 0.25) is 0 Å². The summed E-state index contributed by atoms with van der Waals surface area (Å²) in [5.41, 5.74) is 0.519. The smallest absolute Gasteiger partial charge is 0.130 e. The average Bonchev–Trinajstić information content (AvgIpc) is 2.80. The molecule has 0 amide bonds. The van der Waals surface area contributed by atoms with Gasteiger partial charge in [0.25, 0.3) is 0 Å². The van der Waals surface area contributed by atoms with Gasteiger partial charge in [-0.25, -0.2) is 0 Å². The van der Waals surface area contributed by atoms with Crippen molar-refractivity contribution in [1.29, 1.82) is 0 Å². The third kappa shape index (κ3) is 2.22. The highest BCUT2D eigenvalue weighted by atomic mass is 16.3. The van der Waals surface area contributed by atoms with Crippen LogP contribution in [0.3, 0.4) is 0 Å². The van der Waals surface area contributed by atoms with Crippen LogP contribution in [-0.2, 0) is 12.1 Å². The molecule has 1 unspecified atom stereocenters. The first-order valence-corrected chi connectivity index (χ1v) is 5.81. The maximum Gasteiger partial charge on any atom is 0.130 e. The summed E-state index contributed by atoms with van der Waals surface area (Å²) in [5, 5.41) is 14.9. The lowest BCUT2D eigenvalue weighted by molar-refractivity contribution is 0.0910. The highest BCUT2D eigenvalue weighted by molar-refractivity contribution is 5.28. The van der Waals surface area contributed by atoms with Gasteiger partial charge in [0, 0.05) is 30.7 Å². The van der Waals surface area contributed by atoms with E-state index < -0.39 is 5.60 Å². The van der Waals surface area contributed by atoms with Crippen LogP contribution in [0.5, 0.6) is 0 Å². The maximum absolute atomic E-state index is 10.7. The van der Waals surface area contributed by atoms with E-state index in [9.17, 15) is 5.11 Å². The van der Waals surface area contributed by atoms with Gasteiger partial charge in [-0.15, -0.1) is 0 Å². The number of rotatable bonds is 4. The van der Waals surface area contributed by atoms with Gasteiger partial charge in [0.15, 0.2) is 0 Å². The molecular weight excluding hydrogens is 214 g/mol. The molecule has 0 saturated carbocycles. The van der Waals surface area contributed by atoms with Crippen molar-refractivity contribution in [2.45, 2.75) is 32.4 Å². The number of aliphatic hydroxyl groups is 1. The monoisotopic (exact) mass is 231 g/mol. The molecule has 17 heavy (non-hydrogen) atoms. The lowest BCUT2D eigenvalue weighted by Crippen LogP contribution is -2.27. The molecule has 0 aliphatic heterocycles. The summed E-state index contributed by atoms with van der Waals surface area (Å²) >= 11 is 0. The van der Waals surface area contributed by atoms with Crippen molar-refractivity contribution >= 4 is 0 Å². The zero-order valence-corrected chi connectivity index (χ0v) is 10.2. The number of hydrogen-bond acceptors (Lipinski definition) is 3. The van der Waals surface area contributed by atoms with Crippen LogP contribution in [-0.4, -0.2) is 19.9 Å². The Morgan fingerprint density at radius 1 is 1.35 bits per heavy atom. The van der Waals surface area contributed by atoms with Crippen molar-refractivity contribution in [2.75, 3.05) is 0 Å². The topological polar surface area (TPSA) is 50.9 Å². The molecule has 0 aliphatic rings. The van der Waals surface area contributed by atoms with Crippen LogP contribution < -0.4 is 0 Å². The molecule has 2 heterocycles. The highest BCUT2D eigenvalue weighted by Crippen LogP contribution is 2.28. The van der Waals surface area contributed by atoms with Gasteiger partial charge in [0.1, 0.15) is 5.60 Å². The van der Waals surface area contributed by atoms with Crippen LogP contribution in [0.1, 0.15) is 31.5 Å². The van der Waals surface area contributed by atoms with Gasteiger partial charge in [-0.3, -0.25) is 9.67 Å². The van der Waals surface area contributed by atoms with E-state index in [2.05, 4.69) is 17.0 Å². The summed E-state index contributed by atoms with van der Waals surface area (Å²) in [4.78, 5) is 4.05. The van der Waals surface area contributed by atoms with Crippen LogP contribution in [0.25, 0.3) is 0 Å². The fourth-order valence-electron chi connectivity index (χ4n) is 1.93. The molecule has 0 saturated heterocycles. The molecule has 90 valence electrons. The quantitative estimate of drug-likeness (QED) is 0.875. The van der Waals surface area contributed by atoms with Gasteiger partial charge < -0.3 is 5.11 Å². The Balaban J connectivity index is 2.41. The van der Waals surface area contributed by atoms with Crippen LogP contribution in [0.4, 0.5) is 0 Å². The van der Waals surface area contributed by atoms with Crippen LogP contribution in [0.15, 0.2) is 36.8 Å². The summed E-state index contributed by atoms with van der Waals surface area (Å²) in [5.74, 6) is 0. The number of hydrogen-bond donors (Lipinski definition) is 1. The minimum atomic E-state index is -1.06. The van der Waals surface area contributed by atoms with Gasteiger partial charge in [-0.05, 0) is 25.5 Å². The Morgan fingerprint density at radius 3 is 2.82 bits per heavy atom. The van der Waals surface area contributed by atoms with E-state index in [0.717, 1.165) is 24.2 Å². The molecule has 2 aromatic heterocycles. The zero-order chi connectivity index (χ0) is 12.3. The summed E-state index contributed by atoms with van der Waals surface area (Å²) in [6.07, 6.45) is 6.08. The van der Waals surface area contributed by atoms with Gasteiger partial charge in [-0.2, -0.15) is 5.10 Å². The second-order valence-electron chi connectivity index (χ2n) is 4.25. The number of aromatic nitrogens is 3. The van der Waals surface area contributed by atoms with E-state index in [4.69, 9.17) is 0 Å². The lowest BCUT2D eigenvalue weighted by atomic mass is 9.94. The molecule has 1 N–H and O–H groups in total. The Hall–Kier alpha value is -1.68. The molecule has 0 bridgehead atoms. The third-order valence-corrected chi connectivity index (χ3v) is 2.87. The molecule has 2 aromatic rings. The van der Waals surface area contributed by atoms with Crippen molar-refractivity contribution in [3.8, 4) is 0 Å². The molecule has 2 rings (SSSR count). The molecule has 0 radical (unpaired) electrons. The van der Waals surface area contributed by atoms with E-state index in [1.165, 1.54) is 0 Å². The standard InChI is InChI=1S/C13H17N3O/c1-3-9-16-12(6-8-15-16)13(2,17)11-5-4-7-14-10-11/h4-8,10,17H,3,9H2,1-2H3. The van der Waals surface area contributed by atoms with E-state index >= 15 is 0 Å². The molecule has 0 spiro atoms. The normalized spacial score (nSPS) is 14.5. The third-order valence-electron chi connectivity index (χ3n) is 2.87. The number of nitrogens with zero attached hydrogens (tertiary/aromatic N) is 3. The van der Waals surface area contributed by atoms with E-state index in [1.54, 1.807) is 25.5 Å². The summed E-state index contributed by atoms with van der Waals surface area (Å²) < 4.78 is 1.84. The van der Waals surface area contributed by atoms with Gasteiger partial charge in [0.05, 0.1) is 5.69 Å². The van der Waals surface area contributed by atoms with Crippen molar-refractivity contribution in [1.82, 2.24) is 14.8 Å². The van der Waals surface area contributed by atoms with Gasteiger partial charge >= 0.3 is 0 Å². The fraction of sp³-hybridized carbons (Fsp3) is 0.385. The molecule has 0 aromatic carbocycles. The molecule has 4 heteroatoms. The van der Waals surface area contributed by atoms with Crippen molar-refractivity contribution in [2.24, 2.45) is 0 Å². The van der Waals surface area contributed by atoms with E-state index in [0.29, 0.717) is 0 Å². The van der Waals surface area contributed by atoms with Crippen LogP contribution in [0, 0.1) is 0 Å². The minimum absolute atomic E-state index is 0.776. The second kappa shape index (κ2) is 4.67. The van der Waals surface area contributed by atoms with Crippen molar-refractivity contribution < 1.29 is 5.11 Å². The first-order chi connectivity index (χ1) is 8.16. The maximum atomic E-state index is 10.7. The van der Waals surface area contributed by atoms with E-state index in [1.807, 2.05) is 22.9 Å². The molecule has 0 aliphatic carbocycles. The second-order valence-corrected chi connectivity index (χ2v) is 4.25. The van der Waals surface area contributed by atoms with E-state index in [-0.39, 0.29) is 0 Å². The van der Waals surface area contributed by atoms with Gasteiger partial charge in [-0.1, -0.05) is 13.0 Å². The molecule has 0 fully saturated rings. The average molecular weight is 231 g/mol. The Morgan fingerprint density at radius 2 is 2.18 bits per heavy atom. The predicted molar refractivity (Wildman–Crippen MR) is 65.4 cm³/mol. The molecular formula is C13H17N3O. The van der Waals surface area contributed by atoms with Crippen molar-refractivity contribution in [3.05, 3.63) is 48.0 Å². The van der Waals surface area contributed by atoms with Crippen LogP contribution in [0.2, 0.25) is 0 Å². The lowest BCUT2D eigenvalue weighted by Gasteiger charge is -2.24. The molecule has 4 nitrogen and oxygen atoms in total. The summed E-state index contributed by atoms with van der Waals surface area (Å²) in [6, 6.07) is 5.54. The molecule has 1 atom stereocenters.